The minimum atomic E-state index is -4.75. The molecule has 0 heterocycles. The Kier molecular flexibility index (Phi) is 4.88. The van der Waals surface area contributed by atoms with E-state index in [9.17, 15) is 18.0 Å². The van der Waals surface area contributed by atoms with Crippen molar-refractivity contribution in [3.05, 3.63) is 29.8 Å². The second-order valence-electron chi connectivity index (χ2n) is 5.39. The Balaban J connectivity index is 2.04. The van der Waals surface area contributed by atoms with Crippen molar-refractivity contribution in [3.63, 3.8) is 0 Å². The number of nitrogens with two attached hydrogens (primary N) is 1. The highest BCUT2D eigenvalue weighted by atomic mass is 19.4. The first-order valence-electron chi connectivity index (χ1n) is 6.99. The Bertz CT molecular complexity index is 494. The van der Waals surface area contributed by atoms with Gasteiger partial charge in [0.25, 0.3) is 0 Å². The molecule has 1 aliphatic carbocycles. The molecule has 0 radical (unpaired) electrons. The Morgan fingerprint density at radius 1 is 1.24 bits per heavy atom. The molecule has 0 aliphatic heterocycles. The van der Waals surface area contributed by atoms with E-state index in [0.29, 0.717) is 12.5 Å². The highest BCUT2D eigenvalue weighted by Crippen LogP contribution is 2.31. The number of carbonyl (C=O) groups is 1. The van der Waals surface area contributed by atoms with E-state index in [0.717, 1.165) is 31.7 Å². The third kappa shape index (κ3) is 4.46. The number of carbonyl (C=O) groups excluding carboxylic acids is 1. The standard InChI is InChI=1S/C15H18F3NO2/c16-15(17,18)21-13-3-1-2-12(8-13)14(20)11-6-4-10(9-19)5-7-11/h1-3,8,10-11H,4-7,9,19H2. The molecule has 0 amide bonds. The van der Waals surface area contributed by atoms with Gasteiger partial charge in [-0.2, -0.15) is 0 Å². The predicted octanol–water partition coefficient (Wildman–Crippen LogP) is 3.53. The number of hydrogen-bond donors (Lipinski definition) is 1. The van der Waals surface area contributed by atoms with E-state index in [2.05, 4.69) is 4.74 Å². The van der Waals surface area contributed by atoms with Gasteiger partial charge in [-0.15, -0.1) is 13.2 Å². The minimum absolute atomic E-state index is 0.113. The highest BCUT2D eigenvalue weighted by molar-refractivity contribution is 5.98. The van der Waals surface area contributed by atoms with Crippen LogP contribution >= 0.6 is 0 Å². The Hall–Kier alpha value is -1.56. The maximum atomic E-state index is 12.3. The zero-order valence-corrected chi connectivity index (χ0v) is 11.5. The van der Waals surface area contributed by atoms with Crippen LogP contribution in [0.1, 0.15) is 36.0 Å². The zero-order valence-electron chi connectivity index (χ0n) is 11.5. The topological polar surface area (TPSA) is 52.3 Å². The van der Waals surface area contributed by atoms with E-state index in [4.69, 9.17) is 5.73 Å². The van der Waals surface area contributed by atoms with E-state index in [1.807, 2.05) is 0 Å². The summed E-state index contributed by atoms with van der Waals surface area (Å²) >= 11 is 0. The first kappa shape index (κ1) is 15.8. The van der Waals surface area contributed by atoms with E-state index in [-0.39, 0.29) is 23.0 Å². The Morgan fingerprint density at radius 2 is 1.90 bits per heavy atom. The summed E-state index contributed by atoms with van der Waals surface area (Å²) in [5, 5.41) is 0. The smallest absolute Gasteiger partial charge is 0.406 e. The number of ether oxygens (including phenoxy) is 1. The summed E-state index contributed by atoms with van der Waals surface area (Å²) in [7, 11) is 0. The maximum Gasteiger partial charge on any atom is 0.573 e. The lowest BCUT2D eigenvalue weighted by atomic mass is 9.78. The van der Waals surface area contributed by atoms with Crippen LogP contribution in [0.3, 0.4) is 0 Å². The molecule has 0 spiro atoms. The molecule has 3 nitrogen and oxygen atoms in total. The number of ketones is 1. The molecule has 1 aliphatic rings. The number of benzene rings is 1. The van der Waals surface area contributed by atoms with Gasteiger partial charge in [-0.3, -0.25) is 4.79 Å². The number of hydrogen-bond acceptors (Lipinski definition) is 3. The highest BCUT2D eigenvalue weighted by Gasteiger charge is 2.32. The molecule has 116 valence electrons. The maximum absolute atomic E-state index is 12.3. The number of rotatable bonds is 4. The number of Topliss-reactive ketones (excluding diaryl/α,β-unsaturated/α-hetero) is 1. The molecular formula is C15H18F3NO2. The summed E-state index contributed by atoms with van der Waals surface area (Å²) in [6.45, 7) is 0.621. The van der Waals surface area contributed by atoms with Crippen LogP contribution < -0.4 is 10.5 Å². The third-order valence-electron chi connectivity index (χ3n) is 3.90. The Morgan fingerprint density at radius 3 is 2.48 bits per heavy atom. The fourth-order valence-corrected chi connectivity index (χ4v) is 2.74. The van der Waals surface area contributed by atoms with Crippen molar-refractivity contribution in [2.24, 2.45) is 17.6 Å². The monoisotopic (exact) mass is 301 g/mol. The van der Waals surface area contributed by atoms with E-state index in [1.54, 1.807) is 0 Å². The van der Waals surface area contributed by atoms with Gasteiger partial charge in [0.2, 0.25) is 0 Å². The predicted molar refractivity (Wildman–Crippen MR) is 72.0 cm³/mol. The normalized spacial score (nSPS) is 22.9. The SMILES string of the molecule is NCC1CCC(C(=O)c2cccc(OC(F)(F)F)c2)CC1. The summed E-state index contributed by atoms with van der Waals surface area (Å²) in [6.07, 6.45) is -1.48. The van der Waals surface area contributed by atoms with Gasteiger partial charge in [-0.1, -0.05) is 12.1 Å². The van der Waals surface area contributed by atoms with Gasteiger partial charge in [0.05, 0.1) is 0 Å². The lowest BCUT2D eigenvalue weighted by molar-refractivity contribution is -0.274. The minimum Gasteiger partial charge on any atom is -0.406 e. The fraction of sp³-hybridized carbons (Fsp3) is 0.533. The molecule has 2 rings (SSSR count). The van der Waals surface area contributed by atoms with Crippen LogP contribution in [0.25, 0.3) is 0 Å². The second kappa shape index (κ2) is 6.47. The van der Waals surface area contributed by atoms with Crippen LogP contribution in [0.5, 0.6) is 5.75 Å². The lowest BCUT2D eigenvalue weighted by Crippen LogP contribution is -2.26. The van der Waals surface area contributed by atoms with E-state index >= 15 is 0 Å². The van der Waals surface area contributed by atoms with Crippen LogP contribution in [-0.4, -0.2) is 18.7 Å². The first-order chi connectivity index (χ1) is 9.89. The van der Waals surface area contributed by atoms with E-state index < -0.39 is 6.36 Å². The van der Waals surface area contributed by atoms with Gasteiger partial charge >= 0.3 is 6.36 Å². The largest absolute Gasteiger partial charge is 0.573 e. The molecule has 2 N–H and O–H groups in total. The van der Waals surface area contributed by atoms with Crippen molar-refractivity contribution in [3.8, 4) is 5.75 Å². The fourth-order valence-electron chi connectivity index (χ4n) is 2.74. The van der Waals surface area contributed by atoms with Gasteiger partial charge < -0.3 is 10.5 Å². The summed E-state index contributed by atoms with van der Waals surface area (Å²) in [5.74, 6) is -0.148. The van der Waals surface area contributed by atoms with Crippen LogP contribution in [0, 0.1) is 11.8 Å². The van der Waals surface area contributed by atoms with Crippen molar-refractivity contribution in [2.45, 2.75) is 32.0 Å². The van der Waals surface area contributed by atoms with Crippen molar-refractivity contribution in [1.82, 2.24) is 0 Å². The van der Waals surface area contributed by atoms with E-state index in [1.165, 1.54) is 18.2 Å². The average molecular weight is 301 g/mol. The second-order valence-corrected chi connectivity index (χ2v) is 5.39. The number of halogens is 3. The van der Waals surface area contributed by atoms with Crippen LogP contribution in [0.2, 0.25) is 0 Å². The molecule has 1 aromatic rings. The first-order valence-corrected chi connectivity index (χ1v) is 6.99. The summed E-state index contributed by atoms with van der Waals surface area (Å²) in [4.78, 5) is 12.3. The molecule has 0 atom stereocenters. The molecule has 0 saturated heterocycles. The van der Waals surface area contributed by atoms with Gasteiger partial charge in [-0.05, 0) is 50.3 Å². The van der Waals surface area contributed by atoms with Gasteiger partial charge in [0, 0.05) is 11.5 Å². The van der Waals surface area contributed by atoms with Gasteiger partial charge in [0.1, 0.15) is 5.75 Å². The van der Waals surface area contributed by atoms with Crippen molar-refractivity contribution < 1.29 is 22.7 Å². The molecular weight excluding hydrogens is 283 g/mol. The molecule has 0 bridgehead atoms. The third-order valence-corrected chi connectivity index (χ3v) is 3.90. The van der Waals surface area contributed by atoms with Crippen molar-refractivity contribution in [1.29, 1.82) is 0 Å². The van der Waals surface area contributed by atoms with Crippen molar-refractivity contribution >= 4 is 5.78 Å². The molecule has 0 unspecified atom stereocenters. The average Bonchev–Trinajstić information content (AvgIpc) is 2.45. The quantitative estimate of drug-likeness (QED) is 0.866. The molecule has 6 heteroatoms. The molecule has 1 aromatic carbocycles. The van der Waals surface area contributed by atoms with Crippen LogP contribution in [0.15, 0.2) is 24.3 Å². The Labute approximate surface area is 121 Å². The van der Waals surface area contributed by atoms with Gasteiger partial charge in [-0.25, -0.2) is 0 Å². The number of alkyl halides is 3. The lowest BCUT2D eigenvalue weighted by Gasteiger charge is -2.26. The molecule has 1 saturated carbocycles. The molecule has 0 aromatic heterocycles. The summed E-state index contributed by atoms with van der Waals surface area (Å²) in [5.41, 5.74) is 5.88. The van der Waals surface area contributed by atoms with Gasteiger partial charge in [0.15, 0.2) is 5.78 Å². The van der Waals surface area contributed by atoms with Crippen molar-refractivity contribution in [2.75, 3.05) is 6.54 Å². The van der Waals surface area contributed by atoms with Crippen LogP contribution in [0.4, 0.5) is 13.2 Å². The molecule has 21 heavy (non-hydrogen) atoms. The van der Waals surface area contributed by atoms with Crippen LogP contribution in [-0.2, 0) is 0 Å². The molecule has 1 fully saturated rings. The zero-order chi connectivity index (χ0) is 15.5. The summed E-state index contributed by atoms with van der Waals surface area (Å²) < 4.78 is 40.4. The summed E-state index contributed by atoms with van der Waals surface area (Å²) in [6, 6.07) is 5.28.